The molecule has 0 unspecified atom stereocenters. The zero-order valence-electron chi connectivity index (χ0n) is 10.2. The average Bonchev–Trinajstić information content (AvgIpc) is 2.69. The summed E-state index contributed by atoms with van der Waals surface area (Å²) in [7, 11) is 0. The van der Waals surface area contributed by atoms with Crippen LogP contribution in [0, 0.1) is 0 Å². The van der Waals surface area contributed by atoms with Gasteiger partial charge in [0, 0.05) is 16.6 Å². The van der Waals surface area contributed by atoms with E-state index in [-0.39, 0.29) is 0 Å². The predicted molar refractivity (Wildman–Crippen MR) is 77.5 cm³/mol. The number of rotatable bonds is 1. The third-order valence-electron chi connectivity index (χ3n) is 3.77. The van der Waals surface area contributed by atoms with Crippen molar-refractivity contribution >= 4 is 33.1 Å². The maximum absolute atomic E-state index is 6.23. The molecule has 2 aromatic heterocycles. The lowest BCUT2D eigenvalue weighted by Gasteiger charge is -2.20. The fourth-order valence-corrected chi connectivity index (χ4v) is 3.30. The Bertz CT molecular complexity index is 584. The van der Waals surface area contributed by atoms with Crippen LogP contribution in [0.15, 0.2) is 16.7 Å². The van der Waals surface area contributed by atoms with Gasteiger partial charge in [0.2, 0.25) is 0 Å². The third kappa shape index (κ3) is 1.86. The van der Waals surface area contributed by atoms with Gasteiger partial charge in [-0.1, -0.05) is 19.3 Å². The molecule has 0 radical (unpaired) electrons. The number of nitrogens with two attached hydrogens (primary N) is 2. The zero-order chi connectivity index (χ0) is 12.7. The number of hydrogen-bond acceptors (Lipinski definition) is 3. The van der Waals surface area contributed by atoms with Crippen molar-refractivity contribution in [2.75, 3.05) is 11.5 Å². The average molecular weight is 309 g/mol. The van der Waals surface area contributed by atoms with E-state index in [0.717, 1.165) is 21.6 Å². The molecular formula is C13H17BrN4. The predicted octanol–water partition coefficient (Wildman–Crippen LogP) is 3.31. The van der Waals surface area contributed by atoms with Gasteiger partial charge in [-0.05, 0) is 34.8 Å². The second-order valence-electron chi connectivity index (χ2n) is 5.02. The number of imidazole rings is 1. The Morgan fingerprint density at radius 3 is 2.67 bits per heavy atom. The van der Waals surface area contributed by atoms with Crippen LogP contribution in [0.5, 0.6) is 0 Å². The van der Waals surface area contributed by atoms with Gasteiger partial charge < -0.3 is 11.5 Å². The number of halogens is 1. The highest BCUT2D eigenvalue weighted by Gasteiger charge is 2.22. The molecule has 1 aliphatic carbocycles. The quantitative estimate of drug-likeness (QED) is 0.849. The van der Waals surface area contributed by atoms with Crippen LogP contribution in [0.25, 0.3) is 5.65 Å². The van der Waals surface area contributed by atoms with E-state index < -0.39 is 0 Å². The van der Waals surface area contributed by atoms with Crippen LogP contribution in [-0.4, -0.2) is 9.38 Å². The van der Waals surface area contributed by atoms with Crippen LogP contribution >= 0.6 is 15.9 Å². The smallest absolute Gasteiger partial charge is 0.162 e. The van der Waals surface area contributed by atoms with E-state index in [2.05, 4.69) is 20.9 Å². The molecule has 0 atom stereocenters. The highest BCUT2D eigenvalue weighted by Crippen LogP contribution is 2.36. The number of pyridine rings is 1. The molecule has 4 nitrogen and oxygen atoms in total. The molecule has 4 N–H and O–H groups in total. The Kier molecular flexibility index (Phi) is 2.93. The van der Waals surface area contributed by atoms with E-state index >= 15 is 0 Å². The van der Waals surface area contributed by atoms with Crippen LogP contribution in [0.1, 0.15) is 43.7 Å². The molecule has 0 spiro atoms. The van der Waals surface area contributed by atoms with Gasteiger partial charge in [-0.15, -0.1) is 0 Å². The SMILES string of the molecule is Nc1cc(Br)cn2c(N)c(C3CCCCC3)nc12. The van der Waals surface area contributed by atoms with E-state index in [0.29, 0.717) is 11.6 Å². The maximum Gasteiger partial charge on any atom is 0.162 e. The highest BCUT2D eigenvalue weighted by molar-refractivity contribution is 9.10. The first-order valence-electron chi connectivity index (χ1n) is 6.39. The van der Waals surface area contributed by atoms with Gasteiger partial charge in [-0.2, -0.15) is 0 Å². The first-order chi connectivity index (χ1) is 8.66. The molecule has 0 aromatic carbocycles. The number of anilines is 2. The number of fused-ring (bicyclic) bond motifs is 1. The van der Waals surface area contributed by atoms with E-state index in [1.807, 2.05) is 16.7 Å². The minimum Gasteiger partial charge on any atom is -0.396 e. The Hall–Kier alpha value is -1.23. The van der Waals surface area contributed by atoms with Crippen molar-refractivity contribution in [1.29, 1.82) is 0 Å². The molecule has 2 heterocycles. The lowest BCUT2D eigenvalue weighted by Crippen LogP contribution is -2.07. The van der Waals surface area contributed by atoms with Crippen molar-refractivity contribution in [2.24, 2.45) is 0 Å². The maximum atomic E-state index is 6.23. The Morgan fingerprint density at radius 2 is 1.94 bits per heavy atom. The second-order valence-corrected chi connectivity index (χ2v) is 5.94. The summed E-state index contributed by atoms with van der Waals surface area (Å²) in [6.07, 6.45) is 8.19. The van der Waals surface area contributed by atoms with Crippen LogP contribution in [-0.2, 0) is 0 Å². The second kappa shape index (κ2) is 4.46. The van der Waals surface area contributed by atoms with Gasteiger partial charge in [0.05, 0.1) is 11.4 Å². The van der Waals surface area contributed by atoms with Gasteiger partial charge in [0.25, 0.3) is 0 Å². The highest BCUT2D eigenvalue weighted by atomic mass is 79.9. The molecule has 2 aromatic rings. The van der Waals surface area contributed by atoms with Gasteiger partial charge in [-0.3, -0.25) is 4.40 Å². The van der Waals surface area contributed by atoms with Gasteiger partial charge in [0.1, 0.15) is 5.82 Å². The van der Waals surface area contributed by atoms with E-state index in [9.17, 15) is 0 Å². The monoisotopic (exact) mass is 308 g/mol. The largest absolute Gasteiger partial charge is 0.396 e. The molecule has 96 valence electrons. The number of hydrogen-bond donors (Lipinski definition) is 2. The summed E-state index contributed by atoms with van der Waals surface area (Å²) in [5, 5.41) is 0. The van der Waals surface area contributed by atoms with E-state index in [1.54, 1.807) is 0 Å². The Labute approximate surface area is 115 Å². The number of nitrogens with zero attached hydrogens (tertiary/aromatic N) is 2. The first kappa shape index (κ1) is 11.8. The van der Waals surface area contributed by atoms with E-state index in [1.165, 1.54) is 32.1 Å². The fraction of sp³-hybridized carbons (Fsp3) is 0.462. The van der Waals surface area contributed by atoms with Gasteiger partial charge >= 0.3 is 0 Å². The Morgan fingerprint density at radius 1 is 1.22 bits per heavy atom. The molecular weight excluding hydrogens is 292 g/mol. The van der Waals surface area contributed by atoms with Gasteiger partial charge in [-0.25, -0.2) is 4.98 Å². The molecule has 1 saturated carbocycles. The summed E-state index contributed by atoms with van der Waals surface area (Å²) in [6, 6.07) is 1.87. The summed E-state index contributed by atoms with van der Waals surface area (Å²) in [4.78, 5) is 4.67. The van der Waals surface area contributed by atoms with Gasteiger partial charge in [0.15, 0.2) is 5.65 Å². The number of aromatic nitrogens is 2. The molecule has 0 saturated heterocycles. The summed E-state index contributed by atoms with van der Waals surface area (Å²) in [6.45, 7) is 0. The van der Waals surface area contributed by atoms with Crippen LogP contribution in [0.2, 0.25) is 0 Å². The fourth-order valence-electron chi connectivity index (χ4n) is 2.85. The molecule has 0 aliphatic heterocycles. The topological polar surface area (TPSA) is 69.3 Å². The van der Waals surface area contributed by atoms with Crippen LogP contribution < -0.4 is 11.5 Å². The summed E-state index contributed by atoms with van der Waals surface area (Å²) >= 11 is 3.44. The zero-order valence-corrected chi connectivity index (χ0v) is 11.8. The lowest BCUT2D eigenvalue weighted by atomic mass is 9.87. The normalized spacial score (nSPS) is 17.4. The van der Waals surface area contributed by atoms with Crippen molar-refractivity contribution in [3.63, 3.8) is 0 Å². The summed E-state index contributed by atoms with van der Waals surface area (Å²) in [5.74, 6) is 1.24. The van der Waals surface area contributed by atoms with Crippen molar-refractivity contribution in [1.82, 2.24) is 9.38 Å². The molecule has 0 bridgehead atoms. The minimum atomic E-state index is 0.497. The molecule has 3 rings (SSSR count). The first-order valence-corrected chi connectivity index (χ1v) is 7.18. The molecule has 18 heavy (non-hydrogen) atoms. The van der Waals surface area contributed by atoms with Crippen LogP contribution in [0.4, 0.5) is 11.5 Å². The van der Waals surface area contributed by atoms with Crippen molar-refractivity contribution in [2.45, 2.75) is 38.0 Å². The molecule has 5 heteroatoms. The summed E-state index contributed by atoms with van der Waals surface area (Å²) < 4.78 is 2.82. The lowest BCUT2D eigenvalue weighted by molar-refractivity contribution is 0.439. The Balaban J connectivity index is 2.13. The molecule has 0 amide bonds. The number of nitrogen functional groups attached to an aromatic ring is 2. The van der Waals surface area contributed by atoms with Crippen molar-refractivity contribution in [3.8, 4) is 0 Å². The molecule has 1 fully saturated rings. The van der Waals surface area contributed by atoms with E-state index in [4.69, 9.17) is 11.5 Å². The third-order valence-corrected chi connectivity index (χ3v) is 4.21. The summed E-state index contributed by atoms with van der Waals surface area (Å²) in [5.41, 5.74) is 14.7. The van der Waals surface area contributed by atoms with Crippen molar-refractivity contribution < 1.29 is 0 Å². The van der Waals surface area contributed by atoms with Crippen LogP contribution in [0.3, 0.4) is 0 Å². The minimum absolute atomic E-state index is 0.497. The van der Waals surface area contributed by atoms with Crippen molar-refractivity contribution in [3.05, 3.63) is 22.4 Å². The molecule has 1 aliphatic rings. The standard InChI is InChI=1S/C13H17BrN4/c14-9-6-10(15)13-17-11(12(16)18(13)7-9)8-4-2-1-3-5-8/h6-8H,1-5,15-16H2.